The van der Waals surface area contributed by atoms with Gasteiger partial charge in [-0.25, -0.2) is 13.1 Å². The molecule has 0 aliphatic heterocycles. The highest BCUT2D eigenvalue weighted by molar-refractivity contribution is 7.98. The van der Waals surface area contributed by atoms with E-state index in [9.17, 15) is 13.2 Å². The SMILES string of the molecule is CSc1ccc(CCNS(=O)(=O)c2ccc(C(C)=O)cc2)cc1. The number of hydrogen-bond acceptors (Lipinski definition) is 4. The lowest BCUT2D eigenvalue weighted by molar-refractivity contribution is 0.101. The van der Waals surface area contributed by atoms with Gasteiger partial charge in [0.2, 0.25) is 10.0 Å². The zero-order valence-electron chi connectivity index (χ0n) is 13.1. The second kappa shape index (κ2) is 7.77. The molecule has 6 heteroatoms. The molecular formula is C17H19NO3S2. The number of rotatable bonds is 7. The van der Waals surface area contributed by atoms with E-state index < -0.39 is 10.0 Å². The Kier molecular flexibility index (Phi) is 5.98. The third-order valence-electron chi connectivity index (χ3n) is 3.44. The summed E-state index contributed by atoms with van der Waals surface area (Å²) in [5.41, 5.74) is 1.58. The quantitative estimate of drug-likeness (QED) is 0.616. The Bertz CT molecular complexity index is 766. The fourth-order valence-electron chi connectivity index (χ4n) is 2.07. The molecule has 0 saturated carbocycles. The smallest absolute Gasteiger partial charge is 0.240 e. The van der Waals surface area contributed by atoms with Gasteiger partial charge in [0.25, 0.3) is 0 Å². The fourth-order valence-corrected chi connectivity index (χ4v) is 3.51. The van der Waals surface area contributed by atoms with Crippen molar-refractivity contribution in [3.05, 3.63) is 59.7 Å². The van der Waals surface area contributed by atoms with Crippen LogP contribution in [0.1, 0.15) is 22.8 Å². The Labute approximate surface area is 141 Å². The highest BCUT2D eigenvalue weighted by Crippen LogP contribution is 2.15. The Morgan fingerprint density at radius 1 is 1.04 bits per heavy atom. The summed E-state index contributed by atoms with van der Waals surface area (Å²) in [6, 6.07) is 14.0. The van der Waals surface area contributed by atoms with E-state index in [2.05, 4.69) is 4.72 Å². The van der Waals surface area contributed by atoms with Crippen LogP contribution in [0.25, 0.3) is 0 Å². The monoisotopic (exact) mass is 349 g/mol. The summed E-state index contributed by atoms with van der Waals surface area (Å²) in [6.45, 7) is 1.78. The summed E-state index contributed by atoms with van der Waals surface area (Å²) in [5, 5.41) is 0. The van der Waals surface area contributed by atoms with Gasteiger partial charge in [0.05, 0.1) is 4.90 Å². The molecule has 0 fully saturated rings. The average Bonchev–Trinajstić information content (AvgIpc) is 2.55. The number of thioether (sulfide) groups is 1. The maximum absolute atomic E-state index is 12.2. The second-order valence-corrected chi connectivity index (χ2v) is 7.72. The topological polar surface area (TPSA) is 63.2 Å². The van der Waals surface area contributed by atoms with E-state index in [1.807, 2.05) is 30.5 Å². The molecule has 122 valence electrons. The van der Waals surface area contributed by atoms with Gasteiger partial charge in [-0.05, 0) is 49.4 Å². The van der Waals surface area contributed by atoms with Crippen LogP contribution in [0.4, 0.5) is 0 Å². The van der Waals surface area contributed by atoms with Gasteiger partial charge >= 0.3 is 0 Å². The summed E-state index contributed by atoms with van der Waals surface area (Å²) < 4.78 is 27.0. The first-order chi connectivity index (χ1) is 10.9. The maximum atomic E-state index is 12.2. The molecule has 0 aliphatic carbocycles. The lowest BCUT2D eigenvalue weighted by Gasteiger charge is -2.08. The molecule has 0 spiro atoms. The second-order valence-electron chi connectivity index (χ2n) is 5.08. The molecule has 2 aromatic carbocycles. The summed E-state index contributed by atoms with van der Waals surface area (Å²) in [5.74, 6) is -0.0874. The molecule has 4 nitrogen and oxygen atoms in total. The molecule has 2 aromatic rings. The van der Waals surface area contributed by atoms with Gasteiger partial charge in [0, 0.05) is 17.0 Å². The molecule has 0 radical (unpaired) electrons. The van der Waals surface area contributed by atoms with Crippen molar-refractivity contribution in [2.24, 2.45) is 0 Å². The number of ketones is 1. The molecule has 0 atom stereocenters. The molecule has 0 amide bonds. The first-order valence-electron chi connectivity index (χ1n) is 7.16. The van der Waals surface area contributed by atoms with Crippen LogP contribution in [0, 0.1) is 0 Å². The number of hydrogen-bond donors (Lipinski definition) is 1. The Morgan fingerprint density at radius 3 is 2.17 bits per heavy atom. The van der Waals surface area contributed by atoms with Gasteiger partial charge in [-0.15, -0.1) is 11.8 Å². The lowest BCUT2D eigenvalue weighted by Crippen LogP contribution is -2.26. The van der Waals surface area contributed by atoms with E-state index in [-0.39, 0.29) is 10.7 Å². The van der Waals surface area contributed by atoms with Gasteiger partial charge in [0.1, 0.15) is 0 Å². The normalized spacial score (nSPS) is 11.4. The van der Waals surface area contributed by atoms with Crippen LogP contribution in [0.15, 0.2) is 58.3 Å². The van der Waals surface area contributed by atoms with Crippen LogP contribution >= 0.6 is 11.8 Å². The van der Waals surface area contributed by atoms with Crippen molar-refractivity contribution >= 4 is 27.6 Å². The van der Waals surface area contributed by atoms with Gasteiger partial charge in [-0.1, -0.05) is 24.3 Å². The van der Waals surface area contributed by atoms with Crippen molar-refractivity contribution < 1.29 is 13.2 Å². The first-order valence-corrected chi connectivity index (χ1v) is 9.87. The Balaban J connectivity index is 1.96. The molecule has 0 aliphatic rings. The number of carbonyl (C=O) groups excluding carboxylic acids is 1. The highest BCUT2D eigenvalue weighted by Gasteiger charge is 2.13. The van der Waals surface area contributed by atoms with E-state index in [1.165, 1.54) is 36.1 Å². The summed E-state index contributed by atoms with van der Waals surface area (Å²) >= 11 is 1.67. The van der Waals surface area contributed by atoms with Crippen LogP contribution in [-0.4, -0.2) is 27.0 Å². The van der Waals surface area contributed by atoms with Crippen molar-refractivity contribution in [1.29, 1.82) is 0 Å². The minimum atomic E-state index is -3.55. The van der Waals surface area contributed by atoms with Crippen LogP contribution in [0.5, 0.6) is 0 Å². The third kappa shape index (κ3) is 4.92. The molecule has 2 rings (SSSR count). The van der Waals surface area contributed by atoms with Crippen molar-refractivity contribution in [3.63, 3.8) is 0 Å². The number of Topliss-reactive ketones (excluding diaryl/α,β-unsaturated/α-hetero) is 1. The number of benzene rings is 2. The molecule has 0 bridgehead atoms. The van der Waals surface area contributed by atoms with Crippen molar-refractivity contribution in [3.8, 4) is 0 Å². The van der Waals surface area contributed by atoms with Crippen LogP contribution < -0.4 is 4.72 Å². The predicted molar refractivity (Wildman–Crippen MR) is 93.6 cm³/mol. The zero-order valence-corrected chi connectivity index (χ0v) is 14.7. The molecule has 0 unspecified atom stereocenters. The summed E-state index contributed by atoms with van der Waals surface area (Å²) in [4.78, 5) is 12.6. The van der Waals surface area contributed by atoms with Crippen LogP contribution in [0.2, 0.25) is 0 Å². The maximum Gasteiger partial charge on any atom is 0.240 e. The van der Waals surface area contributed by atoms with E-state index >= 15 is 0 Å². The van der Waals surface area contributed by atoms with E-state index in [4.69, 9.17) is 0 Å². The first kappa shape index (κ1) is 17.7. The molecular weight excluding hydrogens is 330 g/mol. The molecule has 0 saturated heterocycles. The molecule has 23 heavy (non-hydrogen) atoms. The lowest BCUT2D eigenvalue weighted by atomic mass is 10.2. The predicted octanol–water partition coefficient (Wildman–Crippen LogP) is 3.13. The minimum absolute atomic E-state index is 0.0874. The van der Waals surface area contributed by atoms with Gasteiger partial charge in [-0.3, -0.25) is 4.79 Å². The fraction of sp³-hybridized carbons (Fsp3) is 0.235. The van der Waals surface area contributed by atoms with Gasteiger partial charge < -0.3 is 0 Å². The van der Waals surface area contributed by atoms with Gasteiger partial charge in [-0.2, -0.15) is 0 Å². The van der Waals surface area contributed by atoms with Crippen molar-refractivity contribution in [2.45, 2.75) is 23.1 Å². The highest BCUT2D eigenvalue weighted by atomic mass is 32.2. The van der Waals surface area contributed by atoms with E-state index in [0.717, 1.165) is 5.56 Å². The largest absolute Gasteiger partial charge is 0.295 e. The molecule has 1 N–H and O–H groups in total. The number of nitrogens with one attached hydrogen (secondary N) is 1. The Hall–Kier alpha value is -1.63. The van der Waals surface area contributed by atoms with Crippen LogP contribution in [0.3, 0.4) is 0 Å². The van der Waals surface area contributed by atoms with Gasteiger partial charge in [0.15, 0.2) is 5.78 Å². The third-order valence-corrected chi connectivity index (χ3v) is 5.66. The summed E-state index contributed by atoms with van der Waals surface area (Å²) in [6.07, 6.45) is 2.64. The van der Waals surface area contributed by atoms with Crippen molar-refractivity contribution in [2.75, 3.05) is 12.8 Å². The van der Waals surface area contributed by atoms with E-state index in [1.54, 1.807) is 11.8 Å². The van der Waals surface area contributed by atoms with Crippen molar-refractivity contribution in [1.82, 2.24) is 4.72 Å². The zero-order chi connectivity index (χ0) is 16.9. The summed E-state index contributed by atoms with van der Waals surface area (Å²) in [7, 11) is -3.55. The number of carbonyl (C=O) groups is 1. The van der Waals surface area contributed by atoms with Crippen LogP contribution in [-0.2, 0) is 16.4 Å². The minimum Gasteiger partial charge on any atom is -0.295 e. The Morgan fingerprint density at radius 2 is 1.65 bits per heavy atom. The average molecular weight is 349 g/mol. The van der Waals surface area contributed by atoms with E-state index in [0.29, 0.717) is 18.5 Å². The standard InChI is InChI=1S/C17H19NO3S2/c1-13(19)15-5-9-17(10-6-15)23(20,21)18-12-11-14-3-7-16(22-2)8-4-14/h3-10,18H,11-12H2,1-2H3. The molecule has 0 heterocycles. The molecule has 0 aromatic heterocycles. The number of sulfonamides is 1.